The molecule has 3 aromatic rings. The van der Waals surface area contributed by atoms with Crippen LogP contribution in [0.5, 0.6) is 0 Å². The van der Waals surface area contributed by atoms with Crippen LogP contribution in [0.1, 0.15) is 74.0 Å². The molecule has 226 valence electrons. The third-order valence-corrected chi connectivity index (χ3v) is 10.8. The summed E-state index contributed by atoms with van der Waals surface area (Å²) in [6, 6.07) is 20.7. The van der Waals surface area contributed by atoms with E-state index in [2.05, 4.69) is 10.6 Å². The topological polar surface area (TPSA) is 107 Å². The predicted octanol–water partition coefficient (Wildman–Crippen LogP) is 6.24. The summed E-state index contributed by atoms with van der Waals surface area (Å²) in [4.78, 5) is 13.1. The van der Waals surface area contributed by atoms with Gasteiger partial charge in [0.2, 0.25) is 0 Å². The predicted molar refractivity (Wildman–Crippen MR) is 164 cm³/mol. The minimum atomic E-state index is -0.605. The summed E-state index contributed by atoms with van der Waals surface area (Å²) >= 11 is 1.47. The zero-order valence-corrected chi connectivity index (χ0v) is 25.0. The Balaban J connectivity index is 1.02. The van der Waals surface area contributed by atoms with Crippen molar-refractivity contribution >= 4 is 23.5 Å². The Morgan fingerprint density at radius 2 is 1.58 bits per heavy atom. The number of hydrogen-bond donors (Lipinski definition) is 3. The molecule has 1 aromatic heterocycles. The number of urea groups is 1. The molecule has 8 nitrogen and oxygen atoms in total. The third kappa shape index (κ3) is 6.41. The SMILES string of the molecule is O=C(Nc1ccc([C@@H]2O[C@H](CSc3cccc[n+]3[O-])C[C@H](c3ccc(CO)cc3)O2)cc1)NC12CC3CC(CC(C3)C1)C2. The van der Waals surface area contributed by atoms with Gasteiger partial charge in [-0.15, -0.1) is 0 Å². The molecule has 0 unspecified atom stereocenters. The maximum atomic E-state index is 13.1. The number of ether oxygens (including phenoxy) is 2. The number of anilines is 1. The lowest BCUT2D eigenvalue weighted by Gasteiger charge is -2.56. The first kappa shape index (κ1) is 28.6. The van der Waals surface area contributed by atoms with Gasteiger partial charge in [-0.3, -0.25) is 0 Å². The quantitative estimate of drug-likeness (QED) is 0.160. The van der Waals surface area contributed by atoms with Gasteiger partial charge in [0.1, 0.15) is 0 Å². The number of nitrogens with zero attached hydrogens (tertiary/aromatic N) is 1. The average molecular weight is 602 g/mol. The van der Waals surface area contributed by atoms with Gasteiger partial charge in [-0.05, 0) is 85.6 Å². The van der Waals surface area contributed by atoms with Crippen LogP contribution in [0.3, 0.4) is 0 Å². The van der Waals surface area contributed by atoms with Gasteiger partial charge in [-0.1, -0.05) is 48.2 Å². The summed E-state index contributed by atoms with van der Waals surface area (Å²) in [7, 11) is 0. The van der Waals surface area contributed by atoms with Gasteiger partial charge in [0.05, 0.1) is 18.8 Å². The molecule has 5 aliphatic rings. The van der Waals surface area contributed by atoms with E-state index in [4.69, 9.17) is 9.47 Å². The van der Waals surface area contributed by atoms with Crippen molar-refractivity contribution in [1.82, 2.24) is 5.32 Å². The Kier molecular flexibility index (Phi) is 8.07. The summed E-state index contributed by atoms with van der Waals surface area (Å²) in [5.41, 5.74) is 3.41. The molecule has 3 N–H and O–H groups in total. The van der Waals surface area contributed by atoms with Crippen LogP contribution in [0.15, 0.2) is 78.0 Å². The first-order valence-electron chi connectivity index (χ1n) is 15.4. The van der Waals surface area contributed by atoms with Gasteiger partial charge in [0.15, 0.2) is 12.5 Å². The molecular weight excluding hydrogens is 562 g/mol. The van der Waals surface area contributed by atoms with Crippen LogP contribution >= 0.6 is 11.8 Å². The molecule has 0 spiro atoms. The van der Waals surface area contributed by atoms with Gasteiger partial charge in [0, 0.05) is 41.1 Å². The smallest absolute Gasteiger partial charge is 0.319 e. The fourth-order valence-corrected chi connectivity index (χ4v) is 9.05. The number of rotatable bonds is 8. The molecule has 4 aliphatic carbocycles. The maximum absolute atomic E-state index is 13.1. The highest BCUT2D eigenvalue weighted by molar-refractivity contribution is 7.99. The number of aliphatic hydroxyl groups is 1. The van der Waals surface area contributed by atoms with Gasteiger partial charge >= 0.3 is 6.03 Å². The molecule has 2 aromatic carbocycles. The van der Waals surface area contributed by atoms with Gasteiger partial charge in [0.25, 0.3) is 5.03 Å². The molecule has 1 aliphatic heterocycles. The molecule has 4 bridgehead atoms. The van der Waals surface area contributed by atoms with Gasteiger partial charge in [-0.25, -0.2) is 4.79 Å². The number of hydrogen-bond acceptors (Lipinski definition) is 6. The number of thioether (sulfide) groups is 1. The molecule has 3 atom stereocenters. The first-order chi connectivity index (χ1) is 20.9. The van der Waals surface area contributed by atoms with Crippen LogP contribution < -0.4 is 15.4 Å². The molecule has 9 heteroatoms. The number of aliphatic hydroxyl groups excluding tert-OH is 1. The lowest BCUT2D eigenvalue weighted by Crippen LogP contribution is -2.60. The second-order valence-electron chi connectivity index (χ2n) is 12.9. The fourth-order valence-electron chi connectivity index (χ4n) is 8.12. The van der Waals surface area contributed by atoms with E-state index in [0.29, 0.717) is 17.2 Å². The molecule has 43 heavy (non-hydrogen) atoms. The molecule has 2 heterocycles. The zero-order valence-electron chi connectivity index (χ0n) is 24.2. The Labute approximate surface area is 256 Å². The number of nitrogens with one attached hydrogen (secondary N) is 2. The maximum Gasteiger partial charge on any atom is 0.319 e. The van der Waals surface area contributed by atoms with Crippen LogP contribution in [0.25, 0.3) is 0 Å². The normalized spacial score (nSPS) is 31.1. The standard InChI is InChI=1S/C34H39N3O5S/c38-20-22-4-6-26(7-5-22)30-16-29(21-43-31-3-1-2-12-37(31)40)41-32(42-30)27-8-10-28(11-9-27)35-33(39)36-34-17-23-13-24(18-34)15-25(14-23)19-34/h1-12,23-25,29-30,32,38H,13-21H2,(H2,35,36,39)/t23?,24?,25?,29-,30+,32+,34?/m0/s1. The van der Waals surface area contributed by atoms with Crippen molar-refractivity contribution in [3.05, 3.63) is 94.8 Å². The number of carbonyl (C=O) groups excluding carboxylic acids is 1. The lowest BCUT2D eigenvalue weighted by atomic mass is 9.53. The second kappa shape index (κ2) is 12.1. The van der Waals surface area contributed by atoms with E-state index in [-0.39, 0.29) is 30.4 Å². The summed E-state index contributed by atoms with van der Waals surface area (Å²) in [5.74, 6) is 2.91. The highest BCUT2D eigenvalue weighted by Gasteiger charge is 2.51. The number of carbonyl (C=O) groups is 1. The monoisotopic (exact) mass is 601 g/mol. The molecule has 8 rings (SSSR count). The Bertz CT molecular complexity index is 1400. The van der Waals surface area contributed by atoms with E-state index in [1.165, 1.54) is 37.2 Å². The molecule has 0 radical (unpaired) electrons. The summed E-state index contributed by atoms with van der Waals surface area (Å²) < 4.78 is 13.7. The van der Waals surface area contributed by atoms with Crippen LogP contribution in [0, 0.1) is 23.0 Å². The van der Waals surface area contributed by atoms with E-state index < -0.39 is 6.29 Å². The van der Waals surface area contributed by atoms with Crippen molar-refractivity contribution in [2.45, 2.75) is 80.6 Å². The first-order valence-corrected chi connectivity index (χ1v) is 16.4. The van der Waals surface area contributed by atoms with Gasteiger partial charge < -0.3 is 30.4 Å². The highest BCUT2D eigenvalue weighted by atomic mass is 32.2. The Morgan fingerprint density at radius 3 is 2.23 bits per heavy atom. The molecule has 1 saturated heterocycles. The molecule has 5 fully saturated rings. The van der Waals surface area contributed by atoms with E-state index in [9.17, 15) is 15.1 Å². The Hall–Kier alpha value is -3.11. The van der Waals surface area contributed by atoms with E-state index in [1.807, 2.05) is 60.7 Å². The van der Waals surface area contributed by atoms with E-state index in [1.54, 1.807) is 6.07 Å². The van der Waals surface area contributed by atoms with Crippen LogP contribution in [-0.4, -0.2) is 28.5 Å². The number of benzene rings is 2. The lowest BCUT2D eigenvalue weighted by molar-refractivity contribution is -0.645. The minimum absolute atomic E-state index is 0.00990. The number of pyridine rings is 1. The van der Waals surface area contributed by atoms with Crippen molar-refractivity contribution in [3.8, 4) is 0 Å². The highest BCUT2D eigenvalue weighted by Crippen LogP contribution is 2.55. The third-order valence-electron chi connectivity index (χ3n) is 9.68. The van der Waals surface area contributed by atoms with Gasteiger partial charge in [-0.2, -0.15) is 4.73 Å². The molecular formula is C34H39N3O5S. The number of amides is 2. The van der Waals surface area contributed by atoms with Crippen molar-refractivity contribution < 1.29 is 24.1 Å². The average Bonchev–Trinajstić information content (AvgIpc) is 3.00. The van der Waals surface area contributed by atoms with Crippen molar-refractivity contribution in [2.75, 3.05) is 11.1 Å². The van der Waals surface area contributed by atoms with Crippen molar-refractivity contribution in [3.63, 3.8) is 0 Å². The van der Waals surface area contributed by atoms with Crippen molar-refractivity contribution in [2.24, 2.45) is 17.8 Å². The summed E-state index contributed by atoms with van der Waals surface area (Å²) in [5, 5.41) is 28.7. The number of aromatic nitrogens is 1. The fraction of sp³-hybridized carbons (Fsp3) is 0.471. The summed E-state index contributed by atoms with van der Waals surface area (Å²) in [6.07, 6.45) is 8.53. The van der Waals surface area contributed by atoms with Crippen LogP contribution in [-0.2, 0) is 16.1 Å². The minimum Gasteiger partial charge on any atom is -0.618 e. The largest absolute Gasteiger partial charge is 0.618 e. The molecule has 2 amide bonds. The Morgan fingerprint density at radius 1 is 0.907 bits per heavy atom. The van der Waals surface area contributed by atoms with Crippen LogP contribution in [0.4, 0.5) is 10.5 Å². The van der Waals surface area contributed by atoms with Crippen LogP contribution in [0.2, 0.25) is 0 Å². The zero-order chi connectivity index (χ0) is 29.4. The second-order valence-corrected chi connectivity index (χ2v) is 14.0. The summed E-state index contributed by atoms with van der Waals surface area (Å²) in [6.45, 7) is -0.00990. The van der Waals surface area contributed by atoms with Crippen molar-refractivity contribution in [1.29, 1.82) is 0 Å². The van der Waals surface area contributed by atoms with E-state index in [0.717, 1.165) is 64.1 Å². The van der Waals surface area contributed by atoms with E-state index >= 15 is 0 Å². The molecule has 4 saturated carbocycles.